The van der Waals surface area contributed by atoms with Crippen molar-refractivity contribution in [1.29, 1.82) is 0 Å². The van der Waals surface area contributed by atoms with Gasteiger partial charge in [-0.05, 0) is 37.8 Å². The highest BCUT2D eigenvalue weighted by Crippen LogP contribution is 2.22. The third-order valence-corrected chi connectivity index (χ3v) is 2.86. The van der Waals surface area contributed by atoms with Crippen LogP contribution in [0.25, 0.3) is 0 Å². The van der Waals surface area contributed by atoms with Crippen molar-refractivity contribution in [2.45, 2.75) is 25.7 Å². The number of methoxy groups -OCH3 is 1. The first-order chi connectivity index (χ1) is 7.90. The summed E-state index contributed by atoms with van der Waals surface area (Å²) in [5, 5.41) is 3.31. The van der Waals surface area contributed by atoms with E-state index < -0.39 is 0 Å². The topological polar surface area (TPSA) is 34.1 Å². The van der Waals surface area contributed by atoms with E-state index in [2.05, 4.69) is 16.4 Å². The number of aromatic nitrogens is 1. The predicted molar refractivity (Wildman–Crippen MR) is 65.8 cm³/mol. The molecule has 0 amide bonds. The average molecular weight is 218 g/mol. The van der Waals surface area contributed by atoms with Crippen molar-refractivity contribution >= 4 is 5.82 Å². The summed E-state index contributed by atoms with van der Waals surface area (Å²) in [5.74, 6) is 1.64. The summed E-state index contributed by atoms with van der Waals surface area (Å²) in [4.78, 5) is 4.26. The van der Waals surface area contributed by atoms with Crippen molar-refractivity contribution in [3.8, 4) is 5.75 Å². The van der Waals surface area contributed by atoms with Gasteiger partial charge in [0.2, 0.25) is 0 Å². The molecule has 1 heterocycles. The van der Waals surface area contributed by atoms with Gasteiger partial charge in [0.05, 0.1) is 7.11 Å². The van der Waals surface area contributed by atoms with Gasteiger partial charge in [0.1, 0.15) is 0 Å². The second-order valence-electron chi connectivity index (χ2n) is 3.99. The van der Waals surface area contributed by atoms with Gasteiger partial charge in [0.25, 0.3) is 0 Å². The lowest BCUT2D eigenvalue weighted by atomic mass is 10.2. The van der Waals surface area contributed by atoms with Gasteiger partial charge in [0.15, 0.2) is 11.6 Å². The molecule has 0 fully saturated rings. The van der Waals surface area contributed by atoms with Crippen molar-refractivity contribution in [2.24, 2.45) is 0 Å². The molecule has 0 saturated carbocycles. The van der Waals surface area contributed by atoms with E-state index in [9.17, 15) is 0 Å². The number of anilines is 1. The monoisotopic (exact) mass is 218 g/mol. The molecule has 0 unspecified atom stereocenters. The van der Waals surface area contributed by atoms with E-state index in [0.29, 0.717) is 0 Å². The smallest absolute Gasteiger partial charge is 0.168 e. The van der Waals surface area contributed by atoms with E-state index in [1.807, 2.05) is 12.1 Å². The minimum absolute atomic E-state index is 0.808. The van der Waals surface area contributed by atoms with Gasteiger partial charge in [-0.25, -0.2) is 4.98 Å². The van der Waals surface area contributed by atoms with E-state index in [-0.39, 0.29) is 0 Å². The number of ether oxygens (including phenoxy) is 1. The van der Waals surface area contributed by atoms with Gasteiger partial charge >= 0.3 is 0 Å². The largest absolute Gasteiger partial charge is 0.493 e. The van der Waals surface area contributed by atoms with E-state index in [1.165, 1.54) is 19.3 Å². The van der Waals surface area contributed by atoms with Crippen molar-refractivity contribution in [2.75, 3.05) is 19.0 Å². The zero-order valence-electron chi connectivity index (χ0n) is 9.70. The third kappa shape index (κ3) is 2.75. The predicted octanol–water partition coefficient (Wildman–Crippen LogP) is 3.00. The van der Waals surface area contributed by atoms with Crippen LogP contribution in [-0.2, 0) is 0 Å². The highest BCUT2D eigenvalue weighted by atomic mass is 16.5. The lowest BCUT2D eigenvalue weighted by molar-refractivity contribution is 0.415. The second kappa shape index (κ2) is 5.54. The molecule has 0 bridgehead atoms. The molecule has 3 nitrogen and oxygen atoms in total. The highest BCUT2D eigenvalue weighted by Gasteiger charge is 2.05. The summed E-state index contributed by atoms with van der Waals surface area (Å²) in [7, 11) is 1.67. The maximum absolute atomic E-state index is 5.23. The van der Waals surface area contributed by atoms with Crippen molar-refractivity contribution < 1.29 is 4.74 Å². The molecule has 3 heteroatoms. The fraction of sp³-hybridized carbons (Fsp3) is 0.462. The molecule has 0 aliphatic heterocycles. The first-order valence-corrected chi connectivity index (χ1v) is 5.81. The van der Waals surface area contributed by atoms with Gasteiger partial charge in [-0.3, -0.25) is 0 Å². The number of allylic oxidation sites excluding steroid dienone is 1. The summed E-state index contributed by atoms with van der Waals surface area (Å²) in [6, 6.07) is 3.80. The Morgan fingerprint density at radius 3 is 3.19 bits per heavy atom. The first kappa shape index (κ1) is 11.0. The molecular formula is C13H18N2O. The Morgan fingerprint density at radius 2 is 2.44 bits per heavy atom. The van der Waals surface area contributed by atoms with E-state index >= 15 is 0 Å². The molecule has 2 rings (SSSR count). The molecule has 1 aromatic heterocycles. The van der Waals surface area contributed by atoms with Crippen LogP contribution in [0.1, 0.15) is 25.7 Å². The Balaban J connectivity index is 1.84. The minimum Gasteiger partial charge on any atom is -0.493 e. The van der Waals surface area contributed by atoms with Crippen LogP contribution in [0.3, 0.4) is 0 Å². The van der Waals surface area contributed by atoms with E-state index in [4.69, 9.17) is 4.74 Å². The summed E-state index contributed by atoms with van der Waals surface area (Å²) in [5.41, 5.74) is 1.57. The fourth-order valence-electron chi connectivity index (χ4n) is 1.99. The number of hydrogen-bond acceptors (Lipinski definition) is 3. The summed E-state index contributed by atoms with van der Waals surface area (Å²) in [6.45, 7) is 0.930. The number of pyridine rings is 1. The standard InChI is InChI=1S/C13H18N2O/c1-16-12-7-4-9-14-13(12)15-10-8-11-5-2-3-6-11/h4-5,7,9H,2-3,6,8,10H2,1H3,(H,14,15). The van der Waals surface area contributed by atoms with Crippen LogP contribution in [0.15, 0.2) is 30.0 Å². The molecule has 0 spiro atoms. The van der Waals surface area contributed by atoms with Crippen LogP contribution >= 0.6 is 0 Å². The normalized spacial score (nSPS) is 14.7. The molecule has 1 aromatic rings. The van der Waals surface area contributed by atoms with Crippen molar-refractivity contribution in [1.82, 2.24) is 4.98 Å². The quantitative estimate of drug-likeness (QED) is 0.771. The lowest BCUT2D eigenvalue weighted by Gasteiger charge is -2.09. The second-order valence-corrected chi connectivity index (χ2v) is 3.99. The molecule has 0 saturated heterocycles. The zero-order chi connectivity index (χ0) is 11.2. The number of nitrogens with zero attached hydrogens (tertiary/aromatic N) is 1. The first-order valence-electron chi connectivity index (χ1n) is 5.81. The fourth-order valence-corrected chi connectivity index (χ4v) is 1.99. The van der Waals surface area contributed by atoms with Gasteiger partial charge in [-0.1, -0.05) is 11.6 Å². The molecule has 0 aromatic carbocycles. The van der Waals surface area contributed by atoms with E-state index in [0.717, 1.165) is 24.5 Å². The maximum atomic E-state index is 5.23. The molecule has 1 aliphatic carbocycles. The van der Waals surface area contributed by atoms with Gasteiger partial charge < -0.3 is 10.1 Å². The lowest BCUT2D eigenvalue weighted by Crippen LogP contribution is -2.05. The van der Waals surface area contributed by atoms with E-state index in [1.54, 1.807) is 18.9 Å². The van der Waals surface area contributed by atoms with Crippen LogP contribution < -0.4 is 10.1 Å². The number of nitrogens with one attached hydrogen (secondary N) is 1. The zero-order valence-corrected chi connectivity index (χ0v) is 9.70. The summed E-state index contributed by atoms with van der Waals surface area (Å²) >= 11 is 0. The van der Waals surface area contributed by atoms with Crippen LogP contribution in [0.2, 0.25) is 0 Å². The molecular weight excluding hydrogens is 200 g/mol. The van der Waals surface area contributed by atoms with Crippen molar-refractivity contribution in [3.63, 3.8) is 0 Å². The SMILES string of the molecule is COc1cccnc1NCCC1=CCCC1. The molecule has 0 radical (unpaired) electrons. The van der Waals surface area contributed by atoms with Gasteiger partial charge in [0, 0.05) is 12.7 Å². The molecule has 16 heavy (non-hydrogen) atoms. The average Bonchev–Trinajstić information content (AvgIpc) is 2.83. The minimum atomic E-state index is 0.808. The Morgan fingerprint density at radius 1 is 1.50 bits per heavy atom. The Hall–Kier alpha value is -1.51. The number of hydrogen-bond donors (Lipinski definition) is 1. The van der Waals surface area contributed by atoms with Crippen LogP contribution in [0.5, 0.6) is 5.75 Å². The molecule has 1 aliphatic rings. The molecule has 1 N–H and O–H groups in total. The Bertz CT molecular complexity index is 374. The Kier molecular flexibility index (Phi) is 3.81. The summed E-state index contributed by atoms with van der Waals surface area (Å²) in [6.07, 6.45) is 9.09. The van der Waals surface area contributed by atoms with Gasteiger partial charge in [-0.2, -0.15) is 0 Å². The summed E-state index contributed by atoms with van der Waals surface area (Å²) < 4.78 is 5.23. The third-order valence-electron chi connectivity index (χ3n) is 2.86. The highest BCUT2D eigenvalue weighted by molar-refractivity contribution is 5.49. The molecule has 0 atom stereocenters. The number of rotatable bonds is 5. The Labute approximate surface area is 96.5 Å². The molecule has 86 valence electrons. The van der Waals surface area contributed by atoms with Crippen LogP contribution in [0, 0.1) is 0 Å². The maximum Gasteiger partial charge on any atom is 0.168 e. The van der Waals surface area contributed by atoms with Crippen LogP contribution in [0.4, 0.5) is 5.82 Å². The van der Waals surface area contributed by atoms with Crippen molar-refractivity contribution in [3.05, 3.63) is 30.0 Å². The van der Waals surface area contributed by atoms with Crippen LogP contribution in [-0.4, -0.2) is 18.6 Å². The van der Waals surface area contributed by atoms with Gasteiger partial charge in [-0.15, -0.1) is 0 Å².